The second-order valence-corrected chi connectivity index (χ2v) is 4.21. The van der Waals surface area contributed by atoms with E-state index in [1.807, 2.05) is 0 Å². The zero-order valence-corrected chi connectivity index (χ0v) is 9.80. The first-order valence-corrected chi connectivity index (χ1v) is 5.68. The van der Waals surface area contributed by atoms with Crippen molar-refractivity contribution in [2.24, 2.45) is 5.84 Å². The molecule has 0 radical (unpaired) electrons. The molecule has 1 aromatic rings. The Kier molecular flexibility index (Phi) is 5.55. The van der Waals surface area contributed by atoms with Crippen molar-refractivity contribution in [3.63, 3.8) is 0 Å². The van der Waals surface area contributed by atoms with Gasteiger partial charge >= 0.3 is 6.18 Å². The highest BCUT2D eigenvalue weighted by molar-refractivity contribution is 5.17. The van der Waals surface area contributed by atoms with E-state index in [9.17, 15) is 17.6 Å². The molecular weight excluding hydrogens is 248 g/mol. The molecule has 0 aliphatic heterocycles. The van der Waals surface area contributed by atoms with E-state index in [0.29, 0.717) is 18.4 Å². The molecule has 18 heavy (non-hydrogen) atoms. The van der Waals surface area contributed by atoms with Crippen LogP contribution in [-0.4, -0.2) is 12.2 Å². The fraction of sp³-hybridized carbons (Fsp3) is 0.500. The largest absolute Gasteiger partial charge is 0.389 e. The maximum atomic E-state index is 12.9. The van der Waals surface area contributed by atoms with Gasteiger partial charge in [-0.2, -0.15) is 13.2 Å². The van der Waals surface area contributed by atoms with E-state index >= 15 is 0 Å². The van der Waals surface area contributed by atoms with Crippen LogP contribution in [-0.2, 0) is 6.42 Å². The molecule has 0 saturated carbocycles. The minimum atomic E-state index is -4.14. The molecule has 0 aromatic heterocycles. The van der Waals surface area contributed by atoms with Crippen LogP contribution in [0.1, 0.15) is 24.8 Å². The second-order valence-electron chi connectivity index (χ2n) is 4.21. The van der Waals surface area contributed by atoms with Gasteiger partial charge in [0.05, 0.1) is 0 Å². The quantitative estimate of drug-likeness (QED) is 0.471. The third-order valence-corrected chi connectivity index (χ3v) is 2.62. The first-order valence-electron chi connectivity index (χ1n) is 5.68. The molecule has 0 spiro atoms. The van der Waals surface area contributed by atoms with Gasteiger partial charge in [0.25, 0.3) is 0 Å². The normalized spacial score (nSPS) is 13.6. The molecule has 0 fully saturated rings. The molecule has 6 heteroatoms. The Bertz CT molecular complexity index is 365. The van der Waals surface area contributed by atoms with Gasteiger partial charge in [0.2, 0.25) is 0 Å². The number of benzene rings is 1. The van der Waals surface area contributed by atoms with Crippen molar-refractivity contribution < 1.29 is 17.6 Å². The lowest BCUT2D eigenvalue weighted by molar-refractivity contribution is -0.135. The number of rotatable bonds is 6. The summed E-state index contributed by atoms with van der Waals surface area (Å²) in [6, 6.07) is 5.67. The monoisotopic (exact) mass is 264 g/mol. The molecule has 0 saturated heterocycles. The number of nitrogens with two attached hydrogens (primary N) is 1. The topological polar surface area (TPSA) is 38.0 Å². The van der Waals surface area contributed by atoms with Gasteiger partial charge in [0, 0.05) is 12.5 Å². The van der Waals surface area contributed by atoms with Gasteiger partial charge < -0.3 is 0 Å². The molecule has 2 nitrogen and oxygen atoms in total. The molecule has 0 heterocycles. The lowest BCUT2D eigenvalue weighted by atomic mass is 10.0. The maximum Gasteiger partial charge on any atom is 0.389 e. The molecule has 0 bridgehead atoms. The van der Waals surface area contributed by atoms with Gasteiger partial charge in [-0.1, -0.05) is 12.1 Å². The SMILES string of the molecule is NNC(CCCC(F)(F)F)Cc1cccc(F)c1. The number of nitrogens with one attached hydrogen (secondary N) is 1. The van der Waals surface area contributed by atoms with Crippen LogP contribution < -0.4 is 11.3 Å². The summed E-state index contributed by atoms with van der Waals surface area (Å²) in [5.41, 5.74) is 3.18. The maximum absolute atomic E-state index is 12.9. The van der Waals surface area contributed by atoms with Gasteiger partial charge in [-0.05, 0) is 37.0 Å². The van der Waals surface area contributed by atoms with Crippen LogP contribution in [0.3, 0.4) is 0 Å². The van der Waals surface area contributed by atoms with Crippen LogP contribution in [0.5, 0.6) is 0 Å². The third-order valence-electron chi connectivity index (χ3n) is 2.62. The molecule has 0 aliphatic carbocycles. The van der Waals surface area contributed by atoms with E-state index in [2.05, 4.69) is 5.43 Å². The van der Waals surface area contributed by atoms with E-state index < -0.39 is 12.6 Å². The summed E-state index contributed by atoms with van der Waals surface area (Å²) in [5.74, 6) is 4.92. The zero-order chi connectivity index (χ0) is 13.6. The molecule has 0 aliphatic rings. The Labute approximate surface area is 103 Å². The van der Waals surface area contributed by atoms with Gasteiger partial charge in [-0.15, -0.1) is 0 Å². The highest BCUT2D eigenvalue weighted by atomic mass is 19.4. The van der Waals surface area contributed by atoms with Crippen molar-refractivity contribution in [2.45, 2.75) is 37.9 Å². The molecule has 0 amide bonds. The van der Waals surface area contributed by atoms with Crippen molar-refractivity contribution in [2.75, 3.05) is 0 Å². The Balaban J connectivity index is 2.42. The first-order chi connectivity index (χ1) is 8.40. The molecular formula is C12H16F4N2. The van der Waals surface area contributed by atoms with Crippen LogP contribution >= 0.6 is 0 Å². The van der Waals surface area contributed by atoms with Crippen LogP contribution in [0.2, 0.25) is 0 Å². The Morgan fingerprint density at radius 2 is 2.00 bits per heavy atom. The number of halogens is 4. The summed E-state index contributed by atoms with van der Waals surface area (Å²) in [6.45, 7) is 0. The molecule has 1 unspecified atom stereocenters. The van der Waals surface area contributed by atoms with Crippen molar-refractivity contribution in [3.8, 4) is 0 Å². The van der Waals surface area contributed by atoms with Crippen molar-refractivity contribution >= 4 is 0 Å². The highest BCUT2D eigenvalue weighted by Crippen LogP contribution is 2.23. The lowest BCUT2D eigenvalue weighted by Crippen LogP contribution is -2.37. The molecule has 1 aromatic carbocycles. The van der Waals surface area contributed by atoms with E-state index in [1.165, 1.54) is 12.1 Å². The molecule has 1 atom stereocenters. The van der Waals surface area contributed by atoms with Crippen molar-refractivity contribution in [1.82, 2.24) is 5.43 Å². The Morgan fingerprint density at radius 3 is 2.56 bits per heavy atom. The molecule has 3 N–H and O–H groups in total. The van der Waals surface area contributed by atoms with Gasteiger partial charge in [0.1, 0.15) is 5.82 Å². The van der Waals surface area contributed by atoms with E-state index in [4.69, 9.17) is 5.84 Å². The highest BCUT2D eigenvalue weighted by Gasteiger charge is 2.26. The summed E-state index contributed by atoms with van der Waals surface area (Å²) in [6.07, 6.45) is -4.25. The van der Waals surface area contributed by atoms with Crippen LogP contribution in [0.25, 0.3) is 0 Å². The molecule has 102 valence electrons. The summed E-state index contributed by atoms with van der Waals surface area (Å²) >= 11 is 0. The third kappa shape index (κ3) is 5.97. The van der Waals surface area contributed by atoms with Crippen LogP contribution in [0.4, 0.5) is 17.6 Å². The summed E-state index contributed by atoms with van der Waals surface area (Å²) in [4.78, 5) is 0. The second kappa shape index (κ2) is 6.70. The van der Waals surface area contributed by atoms with E-state index in [1.54, 1.807) is 12.1 Å². The lowest BCUT2D eigenvalue weighted by Gasteiger charge is -2.16. The number of hydrogen-bond acceptors (Lipinski definition) is 2. The number of alkyl halides is 3. The first kappa shape index (κ1) is 14.9. The smallest absolute Gasteiger partial charge is 0.271 e. The zero-order valence-electron chi connectivity index (χ0n) is 9.80. The van der Waals surface area contributed by atoms with Crippen LogP contribution in [0.15, 0.2) is 24.3 Å². The average molecular weight is 264 g/mol. The predicted molar refractivity (Wildman–Crippen MR) is 61.1 cm³/mol. The van der Waals surface area contributed by atoms with Gasteiger partial charge in [-0.3, -0.25) is 11.3 Å². The predicted octanol–water partition coefficient (Wildman–Crippen LogP) is 2.93. The Morgan fingerprint density at radius 1 is 1.28 bits per heavy atom. The fourth-order valence-electron chi connectivity index (χ4n) is 1.74. The van der Waals surface area contributed by atoms with Crippen molar-refractivity contribution in [3.05, 3.63) is 35.6 Å². The summed E-state index contributed by atoms with van der Waals surface area (Å²) in [5, 5.41) is 0. The summed E-state index contributed by atoms with van der Waals surface area (Å²) in [7, 11) is 0. The molecule has 1 rings (SSSR count). The average Bonchev–Trinajstić information content (AvgIpc) is 2.26. The number of hydrogen-bond donors (Lipinski definition) is 2. The van der Waals surface area contributed by atoms with E-state index in [-0.39, 0.29) is 18.3 Å². The minimum absolute atomic E-state index is 0.00762. The van der Waals surface area contributed by atoms with Gasteiger partial charge in [0.15, 0.2) is 0 Å². The van der Waals surface area contributed by atoms with Gasteiger partial charge in [-0.25, -0.2) is 4.39 Å². The Hall–Kier alpha value is -1.14. The standard InChI is InChI=1S/C12H16F4N2/c13-10-4-1-3-9(7-10)8-11(18-17)5-2-6-12(14,15)16/h1,3-4,7,11,18H,2,5-6,8,17H2. The minimum Gasteiger partial charge on any atom is -0.271 e. The number of hydrazine groups is 1. The van der Waals surface area contributed by atoms with Crippen LogP contribution in [0, 0.1) is 5.82 Å². The van der Waals surface area contributed by atoms with Crippen molar-refractivity contribution in [1.29, 1.82) is 0 Å². The fourth-order valence-corrected chi connectivity index (χ4v) is 1.74. The summed E-state index contributed by atoms with van der Waals surface area (Å²) < 4.78 is 48.9. The van der Waals surface area contributed by atoms with E-state index in [0.717, 1.165) is 0 Å².